The molecule has 3 aromatic rings. The number of carbonyl (C=O) groups is 2. The number of para-hydroxylation sites is 1. The third-order valence-electron chi connectivity index (χ3n) is 7.75. The van der Waals surface area contributed by atoms with E-state index in [1.54, 1.807) is 11.0 Å². The molecule has 1 fully saturated rings. The van der Waals surface area contributed by atoms with Crippen LogP contribution in [0.4, 0.5) is 22.0 Å². The molecule has 9 heteroatoms. The number of carbonyl (C=O) groups excluding carboxylic acids is 2. The molecule has 2 aromatic carbocycles. The molecule has 0 spiro atoms. The Morgan fingerprint density at radius 2 is 1.82 bits per heavy atom. The maximum absolute atomic E-state index is 13.3. The van der Waals surface area contributed by atoms with Gasteiger partial charge in [-0.2, -0.15) is 0 Å². The first-order chi connectivity index (χ1) is 18.6. The van der Waals surface area contributed by atoms with Crippen LogP contribution in [0.5, 0.6) is 5.75 Å². The molecule has 3 aliphatic rings. The average molecular weight is 513 g/mol. The van der Waals surface area contributed by atoms with Crippen molar-refractivity contribution in [2.24, 2.45) is 0 Å². The van der Waals surface area contributed by atoms with Crippen LogP contribution in [0, 0.1) is 0 Å². The fourth-order valence-corrected chi connectivity index (χ4v) is 5.76. The van der Waals surface area contributed by atoms with Gasteiger partial charge in [0, 0.05) is 49.7 Å². The zero-order valence-electron chi connectivity index (χ0n) is 21.6. The Morgan fingerprint density at radius 1 is 1.00 bits per heavy atom. The average Bonchev–Trinajstić information content (AvgIpc) is 3.31. The zero-order valence-corrected chi connectivity index (χ0v) is 21.6. The number of benzene rings is 2. The number of nitrogens with one attached hydrogen (secondary N) is 1. The summed E-state index contributed by atoms with van der Waals surface area (Å²) in [5, 5.41) is 3.09. The fraction of sp³-hybridized carbons (Fsp3) is 0.379. The first-order valence-corrected chi connectivity index (χ1v) is 13.4. The number of anilines is 3. The molecule has 3 amide bonds. The maximum atomic E-state index is 13.3. The predicted octanol–water partition coefficient (Wildman–Crippen LogP) is 4.14. The number of aromatic nitrogens is 2. The van der Waals surface area contributed by atoms with Crippen LogP contribution in [0.3, 0.4) is 0 Å². The number of urea groups is 1. The second-order valence-electron chi connectivity index (χ2n) is 9.94. The highest BCUT2D eigenvalue weighted by Crippen LogP contribution is 2.30. The Balaban J connectivity index is 1.10. The quantitative estimate of drug-likeness (QED) is 0.553. The summed E-state index contributed by atoms with van der Waals surface area (Å²) in [6.45, 7) is 5.43. The van der Waals surface area contributed by atoms with E-state index in [-0.39, 0.29) is 18.0 Å². The largest absolute Gasteiger partial charge is 0.494 e. The Labute approximate surface area is 222 Å². The van der Waals surface area contributed by atoms with Gasteiger partial charge < -0.3 is 24.8 Å². The Kier molecular flexibility index (Phi) is 6.57. The molecule has 0 aliphatic carbocycles. The van der Waals surface area contributed by atoms with Crippen molar-refractivity contribution in [1.29, 1.82) is 0 Å². The van der Waals surface area contributed by atoms with Crippen molar-refractivity contribution in [2.75, 3.05) is 47.9 Å². The van der Waals surface area contributed by atoms with Crippen molar-refractivity contribution in [3.05, 3.63) is 71.7 Å². The second kappa shape index (κ2) is 10.3. The minimum absolute atomic E-state index is 0.0489. The summed E-state index contributed by atoms with van der Waals surface area (Å²) in [5.74, 6) is 1.49. The van der Waals surface area contributed by atoms with Crippen LogP contribution in [-0.4, -0.2) is 65.6 Å². The molecule has 1 N–H and O–H groups in total. The number of hydrogen-bond donors (Lipinski definition) is 1. The van der Waals surface area contributed by atoms with E-state index < -0.39 is 0 Å². The molecule has 1 saturated heterocycles. The van der Waals surface area contributed by atoms with E-state index in [0.29, 0.717) is 25.4 Å². The monoisotopic (exact) mass is 512 g/mol. The first-order valence-electron chi connectivity index (χ1n) is 13.4. The maximum Gasteiger partial charge on any atom is 0.322 e. The van der Waals surface area contributed by atoms with E-state index in [1.165, 1.54) is 11.9 Å². The molecule has 4 heterocycles. The van der Waals surface area contributed by atoms with E-state index in [0.717, 1.165) is 67.3 Å². The van der Waals surface area contributed by atoms with Gasteiger partial charge in [0.1, 0.15) is 23.6 Å². The van der Waals surface area contributed by atoms with Gasteiger partial charge in [-0.3, -0.25) is 4.79 Å². The molecule has 9 nitrogen and oxygen atoms in total. The van der Waals surface area contributed by atoms with Gasteiger partial charge >= 0.3 is 6.03 Å². The molecular weight excluding hydrogens is 480 g/mol. The molecule has 0 saturated carbocycles. The lowest BCUT2D eigenvalue weighted by molar-refractivity contribution is 0.0984. The highest BCUT2D eigenvalue weighted by Gasteiger charge is 2.31. The molecule has 196 valence electrons. The van der Waals surface area contributed by atoms with E-state index >= 15 is 0 Å². The minimum atomic E-state index is -0.0956. The van der Waals surface area contributed by atoms with Gasteiger partial charge in [0.25, 0.3) is 5.91 Å². The first kappa shape index (κ1) is 24.2. The van der Waals surface area contributed by atoms with Crippen molar-refractivity contribution < 1.29 is 14.3 Å². The van der Waals surface area contributed by atoms with Crippen LogP contribution in [0.15, 0.2) is 54.9 Å². The van der Waals surface area contributed by atoms with Crippen LogP contribution in [0.25, 0.3) is 0 Å². The van der Waals surface area contributed by atoms with Crippen LogP contribution < -0.4 is 19.9 Å². The summed E-state index contributed by atoms with van der Waals surface area (Å²) in [6, 6.07) is 15.8. The van der Waals surface area contributed by atoms with Crippen molar-refractivity contribution in [3.8, 4) is 5.75 Å². The van der Waals surface area contributed by atoms with Crippen molar-refractivity contribution in [1.82, 2.24) is 14.9 Å². The standard InChI is InChI=1S/C29H32N6O3/c1-2-38-23-7-8-24-21(17-23)10-15-34(29(37)32-24)22-11-13-33(14-12-22)27-18-25(30-19-31-27)28(36)35-16-9-20-5-3-4-6-26(20)35/h3-8,17-19,22H,2,9-16H2,1H3,(H,32,37). The summed E-state index contributed by atoms with van der Waals surface area (Å²) >= 11 is 0. The van der Waals surface area contributed by atoms with Crippen LogP contribution >= 0.6 is 0 Å². The van der Waals surface area contributed by atoms with Gasteiger partial charge in [-0.15, -0.1) is 0 Å². The lowest BCUT2D eigenvalue weighted by Gasteiger charge is -2.38. The van der Waals surface area contributed by atoms with Gasteiger partial charge in [-0.25, -0.2) is 14.8 Å². The lowest BCUT2D eigenvalue weighted by Crippen LogP contribution is -2.49. The van der Waals surface area contributed by atoms with Crippen molar-refractivity contribution in [2.45, 2.75) is 38.6 Å². The number of fused-ring (bicyclic) bond motifs is 2. The van der Waals surface area contributed by atoms with Gasteiger partial charge in [0.15, 0.2) is 0 Å². The third-order valence-corrected chi connectivity index (χ3v) is 7.75. The van der Waals surface area contributed by atoms with Gasteiger partial charge in [0.2, 0.25) is 0 Å². The summed E-state index contributed by atoms with van der Waals surface area (Å²) < 4.78 is 5.64. The molecule has 6 rings (SSSR count). The number of amides is 3. The highest BCUT2D eigenvalue weighted by molar-refractivity contribution is 6.06. The van der Waals surface area contributed by atoms with Crippen LogP contribution in [-0.2, 0) is 12.8 Å². The molecule has 3 aliphatic heterocycles. The number of rotatable bonds is 5. The Bertz CT molecular complexity index is 1350. The van der Waals surface area contributed by atoms with Crippen molar-refractivity contribution in [3.63, 3.8) is 0 Å². The predicted molar refractivity (Wildman–Crippen MR) is 146 cm³/mol. The fourth-order valence-electron chi connectivity index (χ4n) is 5.76. The van der Waals surface area contributed by atoms with E-state index in [9.17, 15) is 9.59 Å². The van der Waals surface area contributed by atoms with Crippen LogP contribution in [0.2, 0.25) is 0 Å². The molecule has 0 atom stereocenters. The van der Waals surface area contributed by atoms with Gasteiger partial charge in [-0.05, 0) is 68.0 Å². The molecular formula is C29H32N6O3. The number of hydrogen-bond acceptors (Lipinski definition) is 6. The van der Waals surface area contributed by atoms with E-state index in [2.05, 4.69) is 26.3 Å². The molecule has 1 aromatic heterocycles. The van der Waals surface area contributed by atoms with Crippen molar-refractivity contribution >= 4 is 29.1 Å². The summed E-state index contributed by atoms with van der Waals surface area (Å²) in [6.07, 6.45) is 4.79. The summed E-state index contributed by atoms with van der Waals surface area (Å²) in [7, 11) is 0. The number of ether oxygens (including phenoxy) is 1. The van der Waals surface area contributed by atoms with Gasteiger partial charge in [-0.1, -0.05) is 18.2 Å². The molecule has 0 unspecified atom stereocenters. The third kappa shape index (κ3) is 4.64. The zero-order chi connectivity index (χ0) is 26.1. The molecule has 38 heavy (non-hydrogen) atoms. The molecule has 0 radical (unpaired) electrons. The summed E-state index contributed by atoms with van der Waals surface area (Å²) in [4.78, 5) is 41.1. The van der Waals surface area contributed by atoms with E-state index in [1.807, 2.05) is 48.2 Å². The summed E-state index contributed by atoms with van der Waals surface area (Å²) in [5.41, 5.74) is 4.52. The number of piperidine rings is 1. The number of nitrogens with zero attached hydrogens (tertiary/aromatic N) is 5. The Hall–Kier alpha value is -4.14. The van der Waals surface area contributed by atoms with Gasteiger partial charge in [0.05, 0.1) is 6.61 Å². The van der Waals surface area contributed by atoms with Crippen LogP contribution in [0.1, 0.15) is 41.4 Å². The highest BCUT2D eigenvalue weighted by atomic mass is 16.5. The SMILES string of the molecule is CCOc1ccc2c(c1)CCN(C1CCN(c3cc(C(=O)N4CCc5ccccc54)ncn3)CC1)C(=O)N2. The normalized spacial score (nSPS) is 17.5. The topological polar surface area (TPSA) is 90.9 Å². The smallest absolute Gasteiger partial charge is 0.322 e. The Morgan fingerprint density at radius 3 is 2.66 bits per heavy atom. The lowest BCUT2D eigenvalue weighted by atomic mass is 10.0. The van der Waals surface area contributed by atoms with E-state index in [4.69, 9.17) is 4.74 Å². The second-order valence-corrected chi connectivity index (χ2v) is 9.94. The minimum Gasteiger partial charge on any atom is -0.494 e. The molecule has 0 bridgehead atoms.